The van der Waals surface area contributed by atoms with Crippen LogP contribution < -0.4 is 16.2 Å². The average Bonchev–Trinajstić information content (AvgIpc) is 3.33. The van der Waals surface area contributed by atoms with E-state index in [2.05, 4.69) is 25.6 Å². The van der Waals surface area contributed by atoms with Gasteiger partial charge in [0.25, 0.3) is 5.91 Å². The number of hydrogen-bond acceptors (Lipinski definition) is 5. The van der Waals surface area contributed by atoms with Gasteiger partial charge in [-0.3, -0.25) is 14.3 Å². The Hall–Kier alpha value is -2.61. The van der Waals surface area contributed by atoms with Gasteiger partial charge >= 0.3 is 0 Å². The van der Waals surface area contributed by atoms with Gasteiger partial charge in [-0.25, -0.2) is 0 Å². The van der Waals surface area contributed by atoms with Crippen LogP contribution in [0.15, 0.2) is 23.1 Å². The maximum Gasteiger partial charge on any atom is 0.257 e. The number of carbonyl (C=O) groups is 1. The predicted octanol–water partition coefficient (Wildman–Crippen LogP) is 1.67. The van der Waals surface area contributed by atoms with Crippen LogP contribution in [0.5, 0.6) is 0 Å². The Morgan fingerprint density at radius 1 is 1.22 bits per heavy atom. The van der Waals surface area contributed by atoms with Crippen LogP contribution in [0.2, 0.25) is 0 Å². The summed E-state index contributed by atoms with van der Waals surface area (Å²) in [7, 11) is 0. The Kier molecular flexibility index (Phi) is 5.24. The van der Waals surface area contributed by atoms with Crippen molar-refractivity contribution in [3.05, 3.63) is 39.8 Å². The molecule has 2 aromatic rings. The SMILES string of the molecule is O=C(Nc1ccn(CCCN2CCCC2)n1)c1cc(=O)[nH]c2c1CCCN2. The van der Waals surface area contributed by atoms with Crippen LogP contribution in [-0.2, 0) is 13.0 Å². The molecule has 0 unspecified atom stereocenters. The van der Waals surface area contributed by atoms with Crippen LogP contribution in [0.25, 0.3) is 0 Å². The number of H-pyrrole nitrogens is 1. The highest BCUT2D eigenvalue weighted by Crippen LogP contribution is 2.22. The highest BCUT2D eigenvalue weighted by molar-refractivity contribution is 6.05. The van der Waals surface area contributed by atoms with E-state index in [0.717, 1.165) is 44.5 Å². The summed E-state index contributed by atoms with van der Waals surface area (Å²) in [6.45, 7) is 5.13. The molecule has 3 N–H and O–H groups in total. The number of nitrogens with one attached hydrogen (secondary N) is 3. The molecule has 27 heavy (non-hydrogen) atoms. The summed E-state index contributed by atoms with van der Waals surface area (Å²) < 4.78 is 1.86. The van der Waals surface area contributed by atoms with Crippen LogP contribution in [0.3, 0.4) is 0 Å². The lowest BCUT2D eigenvalue weighted by molar-refractivity contribution is 0.102. The largest absolute Gasteiger partial charge is 0.371 e. The van der Waals surface area contributed by atoms with Crippen LogP contribution in [-0.4, -0.2) is 51.8 Å². The van der Waals surface area contributed by atoms with Crippen molar-refractivity contribution in [3.63, 3.8) is 0 Å². The molecule has 0 spiro atoms. The molecule has 1 saturated heterocycles. The molecule has 0 aromatic carbocycles. The number of carbonyl (C=O) groups excluding carboxylic acids is 1. The number of amides is 1. The molecule has 1 fully saturated rings. The molecule has 4 rings (SSSR count). The summed E-state index contributed by atoms with van der Waals surface area (Å²) in [5, 5.41) is 10.4. The minimum atomic E-state index is -0.289. The van der Waals surface area contributed by atoms with Crippen molar-refractivity contribution in [2.45, 2.75) is 38.6 Å². The van der Waals surface area contributed by atoms with Crippen molar-refractivity contribution in [1.29, 1.82) is 0 Å². The van der Waals surface area contributed by atoms with Gasteiger partial charge < -0.3 is 20.5 Å². The van der Waals surface area contributed by atoms with Crippen molar-refractivity contribution in [3.8, 4) is 0 Å². The van der Waals surface area contributed by atoms with Gasteiger partial charge in [0.05, 0.1) is 5.56 Å². The van der Waals surface area contributed by atoms with Gasteiger partial charge in [-0.1, -0.05) is 0 Å². The number of hydrogen-bond donors (Lipinski definition) is 3. The first-order chi connectivity index (χ1) is 13.2. The number of pyridine rings is 1. The minimum Gasteiger partial charge on any atom is -0.371 e. The molecule has 2 aliphatic rings. The Morgan fingerprint density at radius 3 is 2.93 bits per heavy atom. The van der Waals surface area contributed by atoms with Gasteiger partial charge in [0.2, 0.25) is 5.56 Å². The van der Waals surface area contributed by atoms with Crippen LogP contribution >= 0.6 is 0 Å². The first kappa shape index (κ1) is 17.8. The van der Waals surface area contributed by atoms with Crippen molar-refractivity contribution >= 4 is 17.5 Å². The van der Waals surface area contributed by atoms with E-state index in [9.17, 15) is 9.59 Å². The van der Waals surface area contributed by atoms with E-state index >= 15 is 0 Å². The van der Waals surface area contributed by atoms with Crippen LogP contribution in [0.1, 0.15) is 41.6 Å². The molecule has 144 valence electrons. The lowest BCUT2D eigenvalue weighted by atomic mass is 10.0. The number of aromatic nitrogens is 3. The first-order valence-electron chi connectivity index (χ1n) is 9.76. The molecule has 0 bridgehead atoms. The zero-order valence-electron chi connectivity index (χ0n) is 15.5. The zero-order valence-corrected chi connectivity index (χ0v) is 15.5. The fourth-order valence-corrected chi connectivity index (χ4v) is 3.88. The van der Waals surface area contributed by atoms with Crippen LogP contribution in [0, 0.1) is 0 Å². The van der Waals surface area contributed by atoms with Crippen molar-refractivity contribution in [2.75, 3.05) is 36.8 Å². The number of aryl methyl sites for hydroxylation is 1. The van der Waals surface area contributed by atoms with E-state index in [4.69, 9.17) is 0 Å². The quantitative estimate of drug-likeness (QED) is 0.719. The van der Waals surface area contributed by atoms with E-state index in [-0.39, 0.29) is 11.5 Å². The van der Waals surface area contributed by atoms with E-state index in [1.807, 2.05) is 10.9 Å². The third kappa shape index (κ3) is 4.21. The summed E-state index contributed by atoms with van der Waals surface area (Å²) in [6, 6.07) is 3.17. The van der Waals surface area contributed by atoms with E-state index in [0.29, 0.717) is 17.2 Å². The number of fused-ring (bicyclic) bond motifs is 1. The Morgan fingerprint density at radius 2 is 2.07 bits per heavy atom. The normalized spacial score (nSPS) is 16.7. The van der Waals surface area contributed by atoms with Crippen molar-refractivity contribution in [2.24, 2.45) is 0 Å². The number of rotatable bonds is 6. The second kappa shape index (κ2) is 7.96. The fourth-order valence-electron chi connectivity index (χ4n) is 3.88. The van der Waals surface area contributed by atoms with E-state index < -0.39 is 0 Å². The second-order valence-electron chi connectivity index (χ2n) is 7.25. The Bertz CT molecular complexity index is 865. The van der Waals surface area contributed by atoms with Gasteiger partial charge in [0, 0.05) is 37.0 Å². The molecule has 0 saturated carbocycles. The smallest absolute Gasteiger partial charge is 0.257 e. The van der Waals surface area contributed by atoms with E-state index in [1.54, 1.807) is 6.07 Å². The van der Waals surface area contributed by atoms with Crippen LogP contribution in [0.4, 0.5) is 11.6 Å². The topological polar surface area (TPSA) is 95.1 Å². The van der Waals surface area contributed by atoms with Gasteiger partial charge in [-0.2, -0.15) is 5.10 Å². The highest BCUT2D eigenvalue weighted by atomic mass is 16.2. The Labute approximate surface area is 158 Å². The molecule has 0 atom stereocenters. The van der Waals surface area contributed by atoms with Gasteiger partial charge in [-0.15, -0.1) is 0 Å². The number of nitrogens with zero attached hydrogens (tertiary/aromatic N) is 3. The lowest BCUT2D eigenvalue weighted by Gasteiger charge is -2.19. The average molecular weight is 370 g/mol. The molecule has 8 nitrogen and oxygen atoms in total. The molecular formula is C19H26N6O2. The number of likely N-dealkylation sites (tertiary alicyclic amines) is 1. The third-order valence-corrected chi connectivity index (χ3v) is 5.24. The third-order valence-electron chi connectivity index (χ3n) is 5.24. The lowest BCUT2D eigenvalue weighted by Crippen LogP contribution is -2.25. The fraction of sp³-hybridized carbons (Fsp3) is 0.526. The molecule has 8 heteroatoms. The van der Waals surface area contributed by atoms with Crippen molar-refractivity contribution in [1.82, 2.24) is 19.7 Å². The molecule has 1 amide bonds. The summed E-state index contributed by atoms with van der Waals surface area (Å²) in [4.78, 5) is 29.8. The second-order valence-corrected chi connectivity index (χ2v) is 7.25. The summed E-state index contributed by atoms with van der Waals surface area (Å²) in [5.74, 6) is 0.883. The molecule has 0 aliphatic carbocycles. The number of anilines is 2. The molecule has 2 aromatic heterocycles. The van der Waals surface area contributed by atoms with Crippen molar-refractivity contribution < 1.29 is 4.79 Å². The predicted molar refractivity (Wildman–Crippen MR) is 104 cm³/mol. The Balaban J connectivity index is 1.38. The van der Waals surface area contributed by atoms with Gasteiger partial charge in [0.1, 0.15) is 5.82 Å². The monoisotopic (exact) mass is 370 g/mol. The molecular weight excluding hydrogens is 344 g/mol. The first-order valence-corrected chi connectivity index (χ1v) is 9.76. The van der Waals surface area contributed by atoms with Gasteiger partial charge in [0.15, 0.2) is 5.82 Å². The maximum atomic E-state index is 12.7. The molecule has 2 aliphatic heterocycles. The maximum absolute atomic E-state index is 12.7. The van der Waals surface area contributed by atoms with E-state index in [1.165, 1.54) is 32.0 Å². The molecule has 0 radical (unpaired) electrons. The minimum absolute atomic E-state index is 0.277. The standard InChI is InChI=1S/C19H26N6O2/c26-17-13-15(14-5-3-7-20-18(14)22-17)19(27)21-16-6-12-25(23-16)11-4-10-24-8-1-2-9-24/h6,12-13H,1-5,7-11H2,(H2,20,22,26)(H,21,23,27). The summed E-state index contributed by atoms with van der Waals surface area (Å²) in [5.41, 5.74) is 1.01. The number of aromatic amines is 1. The summed E-state index contributed by atoms with van der Waals surface area (Å²) >= 11 is 0. The summed E-state index contributed by atoms with van der Waals surface area (Å²) in [6.07, 6.45) is 7.24. The highest BCUT2D eigenvalue weighted by Gasteiger charge is 2.20. The zero-order chi connectivity index (χ0) is 18.6. The molecule has 4 heterocycles. The van der Waals surface area contributed by atoms with Gasteiger partial charge in [-0.05, 0) is 51.7 Å².